The van der Waals surface area contributed by atoms with Gasteiger partial charge in [-0.3, -0.25) is 14.1 Å². The van der Waals surface area contributed by atoms with Crippen LogP contribution in [0.25, 0.3) is 38.1 Å². The third-order valence-electron chi connectivity index (χ3n) is 9.96. The Hall–Kier alpha value is -7.68. The SMILES string of the molecule is C.C.C.CCOC(=O)/C(=C\N(C)C)C(=O)c1cc(F)c(F)c(F)c1F.CCOC(=O)c1cn2c3c(c(F)c(F)cc3c1=O)Oc1cc(S(=O)(=O)O)c3ccccc3c1-2.Nc1c(O)cc(SOOO)c2ccccc12. The molecule has 0 spiro atoms. The Balaban J connectivity index is 0.000000308. The zero-order valence-electron chi connectivity index (χ0n) is 36.9. The van der Waals surface area contributed by atoms with Crippen molar-refractivity contribution in [3.63, 3.8) is 0 Å². The number of ketones is 1. The third-order valence-corrected chi connectivity index (χ3v) is 11.5. The van der Waals surface area contributed by atoms with E-state index in [1.807, 2.05) is 18.2 Å². The van der Waals surface area contributed by atoms with E-state index >= 15 is 0 Å². The number of nitrogen functional groups attached to an aromatic ring is 1. The molecule has 5 N–H and O–H groups in total. The van der Waals surface area contributed by atoms with Crippen molar-refractivity contribution >= 4 is 78.0 Å². The van der Waals surface area contributed by atoms with Crippen LogP contribution in [0.5, 0.6) is 17.2 Å². The topological polar surface area (TPSA) is 243 Å². The first-order valence-electron chi connectivity index (χ1n) is 20.1. The van der Waals surface area contributed by atoms with E-state index in [2.05, 4.69) is 14.1 Å². The number of phenols is 1. The molecule has 0 saturated heterocycles. The average molecular weight is 1080 g/mol. The lowest BCUT2D eigenvalue weighted by Gasteiger charge is -2.26. The van der Waals surface area contributed by atoms with Crippen molar-refractivity contribution in [3.8, 4) is 22.9 Å². The van der Waals surface area contributed by atoms with Gasteiger partial charge in [0.2, 0.25) is 17.0 Å². The second kappa shape index (κ2) is 24.8. The number of nitrogens with two attached hydrogens (primary N) is 1. The van der Waals surface area contributed by atoms with Crippen molar-refractivity contribution in [3.05, 3.63) is 147 Å². The minimum Gasteiger partial charge on any atom is -0.506 e. The molecular weight excluding hydrogens is 1030 g/mol. The molecule has 0 atom stereocenters. The van der Waals surface area contributed by atoms with Crippen LogP contribution in [0.15, 0.2) is 105 Å². The number of carbonyl (C=O) groups excluding carboxylic acids is 3. The second-order valence-corrected chi connectivity index (χ2v) is 16.8. The van der Waals surface area contributed by atoms with Crippen LogP contribution in [0.3, 0.4) is 0 Å². The van der Waals surface area contributed by atoms with Crippen molar-refractivity contribution < 1.29 is 87.6 Å². The number of halogens is 6. The Morgan fingerprint density at radius 3 is 1.95 bits per heavy atom. The Morgan fingerprint density at radius 1 is 0.784 bits per heavy atom. The first-order valence-corrected chi connectivity index (χ1v) is 22.3. The molecule has 17 nitrogen and oxygen atoms in total. The Labute approximate surface area is 422 Å². The molecule has 1 aromatic heterocycles. The van der Waals surface area contributed by atoms with Crippen molar-refractivity contribution in [1.82, 2.24) is 9.47 Å². The highest BCUT2D eigenvalue weighted by Crippen LogP contribution is 2.46. The van der Waals surface area contributed by atoms with Crippen LogP contribution >= 0.6 is 12.0 Å². The summed E-state index contributed by atoms with van der Waals surface area (Å²) < 4.78 is 136. The fourth-order valence-corrected chi connectivity index (χ4v) is 8.25. The second-order valence-electron chi connectivity index (χ2n) is 14.7. The number of fused-ring (bicyclic) bond motifs is 5. The minimum absolute atomic E-state index is 0. The van der Waals surface area contributed by atoms with Gasteiger partial charge in [-0.05, 0) is 32.0 Å². The number of ether oxygens (including phenoxy) is 3. The largest absolute Gasteiger partial charge is 0.506 e. The number of anilines is 1. The van der Waals surface area contributed by atoms with E-state index in [1.165, 1.54) is 48.7 Å². The standard InChI is InChI=1S/C22H13F2NO7S.C14H13F4NO3.C10H9NO4S.3CH4/c1-2-31-22(27)13-9-25-18-11-6-4-3-5-10(11)16(33(28,29)30)8-15(18)32-21-17(24)14(23)7-12(19(21)25)20(13)26;1-4-22-14(21)8(6-19(2)3)13(20)7-5-9(15)11(17)12(18)10(7)16;11-10-7-4-2-1-3-6(7)9(5-8(10)12)16-15-14-13;;;/h3-9H,2H2,1H3,(H,28,29,30);5-6H,4H2,1-3H3;1-5,12-13H,11H2;3*1H4/b;8-6-;;;;. The quantitative estimate of drug-likeness (QED) is 0.00746. The highest BCUT2D eigenvalue weighted by atomic mass is 32.2. The zero-order chi connectivity index (χ0) is 52.2. The summed E-state index contributed by atoms with van der Waals surface area (Å²) in [7, 11) is -1.79. The van der Waals surface area contributed by atoms with Crippen molar-refractivity contribution in [2.24, 2.45) is 0 Å². The molecule has 0 amide bonds. The Kier molecular flexibility index (Phi) is 20.3. The normalized spacial score (nSPS) is 11.3. The number of hydrogen-bond donors (Lipinski definition) is 4. The summed E-state index contributed by atoms with van der Waals surface area (Å²) in [5.41, 5.74) is 3.00. The number of aromatic nitrogens is 1. The van der Waals surface area contributed by atoms with Crippen molar-refractivity contribution in [1.29, 1.82) is 0 Å². The van der Waals surface area contributed by atoms with E-state index in [9.17, 15) is 63.6 Å². The van der Waals surface area contributed by atoms with E-state index in [-0.39, 0.29) is 80.4 Å². The predicted octanol–water partition coefficient (Wildman–Crippen LogP) is 10.8. The number of phenolic OH excluding ortho intramolecular Hbond substituents is 1. The van der Waals surface area contributed by atoms with Gasteiger partial charge in [0.05, 0.1) is 52.5 Å². The van der Waals surface area contributed by atoms with Crippen LogP contribution in [0.1, 0.15) is 56.8 Å². The number of rotatable bonds is 11. The van der Waals surface area contributed by atoms with E-state index < -0.39 is 95.5 Å². The molecule has 0 bridgehead atoms. The summed E-state index contributed by atoms with van der Waals surface area (Å²) in [6, 6.07) is 16.6. The van der Waals surface area contributed by atoms with Gasteiger partial charge in [-0.1, -0.05) is 75.8 Å². The molecule has 396 valence electrons. The molecule has 0 aliphatic carbocycles. The minimum atomic E-state index is -4.73. The molecule has 7 aromatic rings. The molecule has 8 rings (SSSR count). The molecule has 74 heavy (non-hydrogen) atoms. The monoisotopic (exact) mass is 1080 g/mol. The van der Waals surface area contributed by atoms with Crippen LogP contribution in [0, 0.1) is 34.9 Å². The van der Waals surface area contributed by atoms with Crippen molar-refractivity contribution in [2.45, 2.75) is 45.9 Å². The number of benzene rings is 6. The molecule has 0 unspecified atom stereocenters. The number of hydrogen-bond acceptors (Lipinski definition) is 16. The van der Waals surface area contributed by atoms with Gasteiger partial charge in [0.15, 0.2) is 40.6 Å². The lowest BCUT2D eigenvalue weighted by molar-refractivity contribution is -0.432. The highest BCUT2D eigenvalue weighted by molar-refractivity contribution is 7.94. The number of carbonyl (C=O) groups is 3. The number of aromatic hydroxyl groups is 1. The maximum Gasteiger partial charge on any atom is 0.343 e. The number of nitrogens with zero attached hydrogens (tertiary/aromatic N) is 2. The molecule has 0 saturated carbocycles. The van der Waals surface area contributed by atoms with Gasteiger partial charge in [-0.25, -0.2) is 36.8 Å². The number of esters is 2. The van der Waals surface area contributed by atoms with Crippen LogP contribution in [0.2, 0.25) is 0 Å². The summed E-state index contributed by atoms with van der Waals surface area (Å²) in [5, 5.41) is 22.8. The fourth-order valence-electron chi connectivity index (χ4n) is 7.00. The fraction of sp³-hybridized carbons (Fsp3) is 0.184. The molecule has 6 aromatic carbocycles. The highest BCUT2D eigenvalue weighted by Gasteiger charge is 2.33. The van der Waals surface area contributed by atoms with Crippen LogP contribution in [-0.2, 0) is 33.8 Å². The summed E-state index contributed by atoms with van der Waals surface area (Å²) in [6.45, 7) is 2.93. The van der Waals surface area contributed by atoms with Gasteiger partial charge >= 0.3 is 11.9 Å². The molecule has 25 heteroatoms. The lowest BCUT2D eigenvalue weighted by Crippen LogP contribution is -2.23. The molecule has 0 fully saturated rings. The summed E-state index contributed by atoms with van der Waals surface area (Å²) in [5.74, 6) is -14.9. The van der Waals surface area contributed by atoms with Crippen LogP contribution in [0.4, 0.5) is 32.0 Å². The molecule has 0 radical (unpaired) electrons. The molecule has 2 heterocycles. The third kappa shape index (κ3) is 12.0. The van der Waals surface area contributed by atoms with Gasteiger partial charge in [0.25, 0.3) is 10.1 Å². The maximum atomic E-state index is 14.7. The van der Waals surface area contributed by atoms with E-state index in [0.717, 1.165) is 35.9 Å². The molecule has 1 aliphatic heterocycles. The lowest BCUT2D eigenvalue weighted by atomic mass is 10.0. The zero-order valence-corrected chi connectivity index (χ0v) is 38.5. The first kappa shape index (κ1) is 60.6. The Bertz CT molecular complexity index is 3520. The van der Waals surface area contributed by atoms with Gasteiger partial charge in [-0.2, -0.15) is 12.8 Å². The van der Waals surface area contributed by atoms with Gasteiger partial charge in [0, 0.05) is 54.1 Å². The van der Waals surface area contributed by atoms with E-state index in [0.29, 0.717) is 22.0 Å². The van der Waals surface area contributed by atoms with E-state index in [4.69, 9.17) is 20.5 Å². The van der Waals surface area contributed by atoms with Crippen LogP contribution < -0.4 is 15.9 Å². The predicted molar refractivity (Wildman–Crippen MR) is 263 cm³/mol. The summed E-state index contributed by atoms with van der Waals surface area (Å²) >= 11 is 0.785. The van der Waals surface area contributed by atoms with Gasteiger partial charge in [0.1, 0.15) is 27.3 Å². The van der Waals surface area contributed by atoms with Gasteiger partial charge < -0.3 is 34.5 Å². The summed E-state index contributed by atoms with van der Waals surface area (Å²) in [6.07, 6.45) is 2.13. The summed E-state index contributed by atoms with van der Waals surface area (Å²) in [4.78, 5) is 50.6. The number of pyridine rings is 1. The molecular formula is C49H47F6N3O14S2. The smallest absolute Gasteiger partial charge is 0.343 e. The Morgan fingerprint density at radius 2 is 1.36 bits per heavy atom. The van der Waals surface area contributed by atoms with Crippen molar-refractivity contribution in [2.75, 3.05) is 33.0 Å². The molecule has 1 aliphatic rings. The average Bonchev–Trinajstić information content (AvgIpc) is 3.33. The van der Waals surface area contributed by atoms with E-state index in [1.54, 1.807) is 25.1 Å². The van der Waals surface area contributed by atoms with Crippen LogP contribution in [-0.4, -0.2) is 77.8 Å². The van der Waals surface area contributed by atoms with Gasteiger partial charge in [-0.15, -0.1) is 4.33 Å². The first-order chi connectivity index (χ1) is 33.6. The maximum absolute atomic E-state index is 14.7. The number of Topliss-reactive ketones (excluding diaryl/α,β-unsaturated/α-hetero) is 1.